The third-order valence-electron chi connectivity index (χ3n) is 3.19. The SMILES string of the molecule is CCCCCCCCCN(c1ccccc1)S(=O)[O-]. The van der Waals surface area contributed by atoms with Gasteiger partial charge in [-0.25, -0.2) is 0 Å². The molecule has 0 fully saturated rings. The molecule has 0 aliphatic heterocycles. The van der Waals surface area contributed by atoms with Gasteiger partial charge in [0.2, 0.25) is 0 Å². The zero-order valence-electron chi connectivity index (χ0n) is 11.7. The normalized spacial score (nSPS) is 12.3. The first-order valence-corrected chi connectivity index (χ1v) is 8.21. The van der Waals surface area contributed by atoms with E-state index in [4.69, 9.17) is 0 Å². The highest BCUT2D eigenvalue weighted by atomic mass is 32.2. The summed E-state index contributed by atoms with van der Waals surface area (Å²) in [6.07, 6.45) is 8.36. The first kappa shape index (κ1) is 16.2. The fourth-order valence-corrected chi connectivity index (χ4v) is 2.67. The predicted octanol–water partition coefficient (Wildman–Crippen LogP) is 4.04. The van der Waals surface area contributed by atoms with Crippen molar-refractivity contribution in [3.63, 3.8) is 0 Å². The molecule has 4 heteroatoms. The molecule has 0 aliphatic carbocycles. The number of para-hydroxylation sites is 1. The predicted molar refractivity (Wildman–Crippen MR) is 80.7 cm³/mol. The molecule has 0 saturated heterocycles. The van der Waals surface area contributed by atoms with Crippen molar-refractivity contribution in [2.75, 3.05) is 10.8 Å². The molecule has 1 atom stereocenters. The molecule has 1 aromatic rings. The van der Waals surface area contributed by atoms with E-state index in [2.05, 4.69) is 6.92 Å². The van der Waals surface area contributed by atoms with E-state index in [-0.39, 0.29) is 0 Å². The van der Waals surface area contributed by atoms with Crippen molar-refractivity contribution in [3.8, 4) is 0 Å². The van der Waals surface area contributed by atoms with E-state index in [1.807, 2.05) is 30.3 Å². The van der Waals surface area contributed by atoms with Crippen molar-refractivity contribution in [3.05, 3.63) is 30.3 Å². The Morgan fingerprint density at radius 2 is 1.58 bits per heavy atom. The molecule has 1 aromatic carbocycles. The highest BCUT2D eigenvalue weighted by Crippen LogP contribution is 2.16. The fraction of sp³-hybridized carbons (Fsp3) is 0.600. The van der Waals surface area contributed by atoms with Crippen LogP contribution in [0.4, 0.5) is 5.69 Å². The minimum absolute atomic E-state index is 0.577. The van der Waals surface area contributed by atoms with Gasteiger partial charge in [0.1, 0.15) is 0 Å². The van der Waals surface area contributed by atoms with Gasteiger partial charge in [-0.05, 0) is 18.6 Å². The highest BCUT2D eigenvalue weighted by Gasteiger charge is 2.05. The number of benzene rings is 1. The van der Waals surface area contributed by atoms with Crippen LogP contribution >= 0.6 is 0 Å². The van der Waals surface area contributed by atoms with Gasteiger partial charge in [-0.3, -0.25) is 4.21 Å². The summed E-state index contributed by atoms with van der Waals surface area (Å²) in [6, 6.07) is 9.27. The van der Waals surface area contributed by atoms with Gasteiger partial charge in [-0.1, -0.05) is 63.6 Å². The average Bonchev–Trinajstić information content (AvgIpc) is 2.42. The van der Waals surface area contributed by atoms with E-state index in [0.717, 1.165) is 18.5 Å². The van der Waals surface area contributed by atoms with Gasteiger partial charge >= 0.3 is 0 Å². The van der Waals surface area contributed by atoms with Crippen LogP contribution in [0.1, 0.15) is 51.9 Å². The molecule has 0 N–H and O–H groups in total. The summed E-state index contributed by atoms with van der Waals surface area (Å²) in [4.78, 5) is 0. The molecule has 108 valence electrons. The molecular weight excluding hydrogens is 258 g/mol. The maximum atomic E-state index is 11.2. The monoisotopic (exact) mass is 282 g/mol. The van der Waals surface area contributed by atoms with Crippen molar-refractivity contribution in [2.24, 2.45) is 0 Å². The van der Waals surface area contributed by atoms with Crippen LogP contribution in [0, 0.1) is 0 Å². The summed E-state index contributed by atoms with van der Waals surface area (Å²) in [5.41, 5.74) is 0.752. The maximum Gasteiger partial charge on any atom is 0.0482 e. The Labute approximate surface area is 119 Å². The van der Waals surface area contributed by atoms with Crippen molar-refractivity contribution in [1.82, 2.24) is 0 Å². The largest absolute Gasteiger partial charge is 0.755 e. The smallest absolute Gasteiger partial charge is 0.0482 e. The summed E-state index contributed by atoms with van der Waals surface area (Å²) in [6.45, 7) is 2.79. The summed E-state index contributed by atoms with van der Waals surface area (Å²) in [7, 11) is 0. The number of hydrogen-bond donors (Lipinski definition) is 0. The Kier molecular flexibility index (Phi) is 8.50. The van der Waals surface area contributed by atoms with Crippen LogP contribution in [0.25, 0.3) is 0 Å². The van der Waals surface area contributed by atoms with Crippen LogP contribution < -0.4 is 4.31 Å². The zero-order valence-corrected chi connectivity index (χ0v) is 12.5. The molecule has 0 amide bonds. The van der Waals surface area contributed by atoms with Gasteiger partial charge in [0.05, 0.1) is 0 Å². The molecule has 0 bridgehead atoms. The molecule has 0 aliphatic rings. The lowest BCUT2D eigenvalue weighted by Gasteiger charge is -2.26. The van der Waals surface area contributed by atoms with Crippen LogP contribution in [-0.2, 0) is 11.3 Å². The van der Waals surface area contributed by atoms with E-state index >= 15 is 0 Å². The topological polar surface area (TPSA) is 43.4 Å². The van der Waals surface area contributed by atoms with E-state index in [1.165, 1.54) is 36.4 Å². The Balaban J connectivity index is 2.26. The van der Waals surface area contributed by atoms with Crippen molar-refractivity contribution < 1.29 is 8.76 Å². The van der Waals surface area contributed by atoms with Gasteiger partial charge < -0.3 is 8.86 Å². The number of rotatable bonds is 10. The second kappa shape index (κ2) is 9.98. The number of hydrogen-bond acceptors (Lipinski definition) is 2. The Morgan fingerprint density at radius 3 is 2.16 bits per heavy atom. The maximum absolute atomic E-state index is 11.2. The van der Waals surface area contributed by atoms with Gasteiger partial charge in [0, 0.05) is 23.5 Å². The van der Waals surface area contributed by atoms with E-state index in [1.54, 1.807) is 0 Å². The summed E-state index contributed by atoms with van der Waals surface area (Å²) >= 11 is -2.18. The fourth-order valence-electron chi connectivity index (χ4n) is 2.10. The van der Waals surface area contributed by atoms with Crippen LogP contribution in [0.15, 0.2) is 30.3 Å². The lowest BCUT2D eigenvalue weighted by Crippen LogP contribution is -2.26. The molecule has 0 spiro atoms. The molecule has 0 heterocycles. The molecule has 0 saturated carbocycles. The van der Waals surface area contributed by atoms with Crippen LogP contribution in [0.3, 0.4) is 0 Å². The second-order valence-corrected chi connectivity index (χ2v) is 5.65. The number of unbranched alkanes of at least 4 members (excludes halogenated alkanes) is 6. The van der Waals surface area contributed by atoms with Gasteiger partial charge in [-0.2, -0.15) is 0 Å². The lowest BCUT2D eigenvalue weighted by atomic mass is 10.1. The quantitative estimate of drug-likeness (QED) is 0.480. The minimum Gasteiger partial charge on any atom is -0.755 e. The average molecular weight is 282 g/mol. The minimum atomic E-state index is -2.18. The van der Waals surface area contributed by atoms with E-state index in [9.17, 15) is 8.76 Å². The molecule has 1 unspecified atom stereocenters. The van der Waals surface area contributed by atoms with Crippen molar-refractivity contribution in [1.29, 1.82) is 0 Å². The Bertz CT molecular complexity index is 356. The van der Waals surface area contributed by atoms with Crippen molar-refractivity contribution in [2.45, 2.75) is 51.9 Å². The molecule has 19 heavy (non-hydrogen) atoms. The first-order chi connectivity index (χ1) is 9.25. The summed E-state index contributed by atoms with van der Waals surface area (Å²) < 4.78 is 23.9. The standard InChI is InChI=1S/C15H25NO2S/c1-2-3-4-5-6-7-11-14-16(19(17)18)15-12-9-8-10-13-15/h8-10,12-13H,2-7,11,14H2,1H3,(H,17,18)/p-1. The molecule has 0 aromatic heterocycles. The lowest BCUT2D eigenvalue weighted by molar-refractivity contribution is 0.528. The molecule has 3 nitrogen and oxygen atoms in total. The third kappa shape index (κ3) is 6.73. The Hall–Kier alpha value is -0.870. The van der Waals surface area contributed by atoms with Crippen molar-refractivity contribution >= 4 is 17.0 Å². The molecule has 1 rings (SSSR count). The summed E-state index contributed by atoms with van der Waals surface area (Å²) in [5.74, 6) is 0. The highest BCUT2D eigenvalue weighted by molar-refractivity contribution is 7.80. The van der Waals surface area contributed by atoms with Crippen LogP contribution in [0.2, 0.25) is 0 Å². The Morgan fingerprint density at radius 1 is 1.00 bits per heavy atom. The second-order valence-electron chi connectivity index (χ2n) is 4.78. The van der Waals surface area contributed by atoms with E-state index in [0.29, 0.717) is 6.54 Å². The van der Waals surface area contributed by atoms with E-state index < -0.39 is 11.3 Å². The van der Waals surface area contributed by atoms with Gasteiger partial charge in [0.25, 0.3) is 0 Å². The van der Waals surface area contributed by atoms with Crippen LogP contribution in [0.5, 0.6) is 0 Å². The van der Waals surface area contributed by atoms with Gasteiger partial charge in [0.15, 0.2) is 0 Å². The van der Waals surface area contributed by atoms with Gasteiger partial charge in [-0.15, -0.1) is 0 Å². The summed E-state index contributed by atoms with van der Waals surface area (Å²) in [5, 5.41) is 0. The third-order valence-corrected chi connectivity index (χ3v) is 3.94. The number of nitrogens with zero attached hydrogens (tertiary/aromatic N) is 1. The molecular formula is C15H24NO2S-. The van der Waals surface area contributed by atoms with Crippen LogP contribution in [-0.4, -0.2) is 15.3 Å². The number of anilines is 1. The zero-order chi connectivity index (χ0) is 13.9. The molecule has 0 radical (unpaired) electrons. The first-order valence-electron chi connectivity index (χ1n) is 7.17.